The minimum atomic E-state index is -0.559. The van der Waals surface area contributed by atoms with Gasteiger partial charge in [0.15, 0.2) is 0 Å². The maximum absolute atomic E-state index is 12.4. The molecule has 25 heavy (non-hydrogen) atoms. The summed E-state index contributed by atoms with van der Waals surface area (Å²) in [6, 6.07) is 6.83. The summed E-state index contributed by atoms with van der Waals surface area (Å²) < 4.78 is 23.0. The molecule has 134 valence electrons. The predicted octanol–water partition coefficient (Wildman–Crippen LogP) is 2.91. The van der Waals surface area contributed by atoms with E-state index in [1.165, 1.54) is 0 Å². The van der Waals surface area contributed by atoms with Gasteiger partial charge in [-0.15, -0.1) is 0 Å². The summed E-state index contributed by atoms with van der Waals surface area (Å²) in [5.74, 6) is 0.718. The van der Waals surface area contributed by atoms with Crippen molar-refractivity contribution in [3.63, 3.8) is 0 Å². The molecular formula is C17H21FN4O3. The number of amides is 1. The van der Waals surface area contributed by atoms with Crippen LogP contribution in [0.2, 0.25) is 0 Å². The van der Waals surface area contributed by atoms with Crippen LogP contribution in [0.25, 0.3) is 11.5 Å². The van der Waals surface area contributed by atoms with Gasteiger partial charge in [0.1, 0.15) is 12.4 Å². The lowest BCUT2D eigenvalue weighted by Crippen LogP contribution is -2.28. The number of benzene rings is 1. The largest absolute Gasteiger partial charge is 0.489 e. The van der Waals surface area contributed by atoms with Crippen molar-refractivity contribution in [2.24, 2.45) is 11.1 Å². The van der Waals surface area contributed by atoms with Crippen LogP contribution in [0.3, 0.4) is 0 Å². The van der Waals surface area contributed by atoms with E-state index < -0.39 is 5.41 Å². The van der Waals surface area contributed by atoms with E-state index >= 15 is 0 Å². The number of anilines is 1. The molecule has 0 radical (unpaired) electrons. The van der Waals surface area contributed by atoms with Crippen LogP contribution >= 0.6 is 0 Å². The monoisotopic (exact) mass is 348 g/mol. The van der Waals surface area contributed by atoms with Gasteiger partial charge in [-0.2, -0.15) is 4.98 Å². The fourth-order valence-electron chi connectivity index (χ4n) is 1.69. The summed E-state index contributed by atoms with van der Waals surface area (Å²) in [5, 5.41) is 6.33. The fraction of sp³-hybridized carbons (Fsp3) is 0.353. The van der Waals surface area contributed by atoms with Crippen LogP contribution in [0.5, 0.6) is 5.75 Å². The Morgan fingerprint density at radius 1 is 1.36 bits per heavy atom. The molecule has 0 saturated heterocycles. The molecule has 0 spiro atoms. The highest BCUT2D eigenvalue weighted by Gasteiger charge is 2.23. The first-order valence-electron chi connectivity index (χ1n) is 7.70. The van der Waals surface area contributed by atoms with E-state index in [2.05, 4.69) is 15.5 Å². The number of hydrogen-bond acceptors (Lipinski definition) is 6. The van der Waals surface area contributed by atoms with E-state index in [0.29, 0.717) is 23.2 Å². The number of rotatable bonds is 6. The Hall–Kier alpha value is -2.74. The van der Waals surface area contributed by atoms with Crippen molar-refractivity contribution in [3.05, 3.63) is 36.2 Å². The minimum Gasteiger partial charge on any atom is -0.489 e. The zero-order chi connectivity index (χ0) is 18.4. The maximum Gasteiger partial charge on any atom is 0.270 e. The molecule has 8 heteroatoms. The second kappa shape index (κ2) is 7.89. The van der Waals surface area contributed by atoms with Gasteiger partial charge in [-0.1, -0.05) is 20.8 Å². The molecule has 0 bridgehead atoms. The number of carbonyl (C=O) groups is 1. The van der Waals surface area contributed by atoms with Gasteiger partial charge in [-0.25, -0.2) is 4.39 Å². The van der Waals surface area contributed by atoms with Crippen molar-refractivity contribution in [1.82, 2.24) is 10.1 Å². The van der Waals surface area contributed by atoms with Gasteiger partial charge in [-0.05, 0) is 29.4 Å². The summed E-state index contributed by atoms with van der Waals surface area (Å²) >= 11 is 0. The first-order chi connectivity index (χ1) is 11.8. The van der Waals surface area contributed by atoms with Crippen LogP contribution in [0.1, 0.15) is 20.8 Å². The van der Waals surface area contributed by atoms with E-state index in [-0.39, 0.29) is 30.9 Å². The maximum atomic E-state index is 12.4. The average Bonchev–Trinajstić information content (AvgIpc) is 3.04. The van der Waals surface area contributed by atoms with Crippen LogP contribution in [-0.4, -0.2) is 29.2 Å². The summed E-state index contributed by atoms with van der Waals surface area (Å²) in [7, 11) is 0. The number of nitrogens with zero attached hydrogens (tertiary/aromatic N) is 2. The minimum absolute atomic E-state index is 0.0793. The number of ether oxygens (including phenoxy) is 1. The van der Waals surface area contributed by atoms with Crippen LogP contribution in [0.4, 0.5) is 10.3 Å². The molecule has 7 nitrogen and oxygen atoms in total. The standard InChI is InChI=1S/C17H21FN4O3/c1-17(2,3)15(23)21-16-20-14(25-22-16)12-4-6-13(7-5-12)24-10-11(8-18)9-19/h4-8H,9-10,19H2,1-3H3,(H,21,22,23)/b11-8+. The lowest BCUT2D eigenvalue weighted by atomic mass is 9.96. The normalized spacial score (nSPS) is 12.1. The third-order valence-electron chi connectivity index (χ3n) is 3.27. The molecule has 0 saturated carbocycles. The number of nitrogens with two attached hydrogens (primary N) is 1. The lowest BCUT2D eigenvalue weighted by Gasteiger charge is -2.15. The van der Waals surface area contributed by atoms with Crippen molar-refractivity contribution < 1.29 is 18.4 Å². The summed E-state index contributed by atoms with van der Waals surface area (Å²) in [6.07, 6.45) is 0.445. The number of nitrogens with one attached hydrogen (secondary N) is 1. The molecule has 2 aromatic rings. The van der Waals surface area contributed by atoms with E-state index in [9.17, 15) is 9.18 Å². The van der Waals surface area contributed by atoms with Crippen molar-refractivity contribution in [2.45, 2.75) is 20.8 Å². The van der Waals surface area contributed by atoms with Gasteiger partial charge < -0.3 is 15.0 Å². The zero-order valence-corrected chi connectivity index (χ0v) is 14.4. The third-order valence-corrected chi connectivity index (χ3v) is 3.27. The topological polar surface area (TPSA) is 103 Å². The van der Waals surface area contributed by atoms with E-state index in [1.54, 1.807) is 45.0 Å². The van der Waals surface area contributed by atoms with Gasteiger partial charge in [0.2, 0.25) is 5.91 Å². The van der Waals surface area contributed by atoms with Crippen molar-refractivity contribution in [2.75, 3.05) is 18.5 Å². The SMILES string of the molecule is CC(C)(C)C(=O)Nc1noc(-c2ccc(OC/C(=C/F)CN)cc2)n1. The molecule has 0 aliphatic carbocycles. The average molecular weight is 348 g/mol. The quantitative estimate of drug-likeness (QED) is 0.832. The Morgan fingerprint density at radius 3 is 2.60 bits per heavy atom. The van der Waals surface area contributed by atoms with Crippen LogP contribution < -0.4 is 15.8 Å². The van der Waals surface area contributed by atoms with Gasteiger partial charge in [0, 0.05) is 23.1 Å². The van der Waals surface area contributed by atoms with Crippen molar-refractivity contribution in [1.29, 1.82) is 0 Å². The van der Waals surface area contributed by atoms with Crippen molar-refractivity contribution in [3.8, 4) is 17.2 Å². The smallest absolute Gasteiger partial charge is 0.270 e. The number of carbonyl (C=O) groups excluding carboxylic acids is 1. The summed E-state index contributed by atoms with van der Waals surface area (Å²) in [4.78, 5) is 16.1. The first kappa shape index (κ1) is 18.6. The summed E-state index contributed by atoms with van der Waals surface area (Å²) in [5.41, 5.74) is 5.83. The molecule has 0 aliphatic rings. The van der Waals surface area contributed by atoms with Crippen LogP contribution in [0, 0.1) is 5.41 Å². The van der Waals surface area contributed by atoms with E-state index in [4.69, 9.17) is 15.0 Å². The second-order valence-corrected chi connectivity index (χ2v) is 6.41. The Labute approximate surface area is 145 Å². The fourth-order valence-corrected chi connectivity index (χ4v) is 1.69. The molecular weight excluding hydrogens is 327 g/mol. The molecule has 0 aliphatic heterocycles. The van der Waals surface area contributed by atoms with E-state index in [0.717, 1.165) is 0 Å². The Bertz CT molecular complexity index is 748. The zero-order valence-electron chi connectivity index (χ0n) is 14.4. The van der Waals surface area contributed by atoms with Gasteiger partial charge in [0.25, 0.3) is 11.8 Å². The van der Waals surface area contributed by atoms with Crippen LogP contribution in [-0.2, 0) is 4.79 Å². The predicted molar refractivity (Wildman–Crippen MR) is 91.6 cm³/mol. The lowest BCUT2D eigenvalue weighted by molar-refractivity contribution is -0.123. The Balaban J connectivity index is 2.02. The van der Waals surface area contributed by atoms with Crippen molar-refractivity contribution >= 4 is 11.9 Å². The first-order valence-corrected chi connectivity index (χ1v) is 7.70. The van der Waals surface area contributed by atoms with Gasteiger partial charge >= 0.3 is 0 Å². The molecule has 0 unspecified atom stereocenters. The molecule has 1 amide bonds. The highest BCUT2D eigenvalue weighted by atomic mass is 19.1. The molecule has 1 aromatic carbocycles. The third kappa shape index (κ3) is 5.12. The summed E-state index contributed by atoms with van der Waals surface area (Å²) in [6.45, 7) is 5.54. The highest BCUT2D eigenvalue weighted by Crippen LogP contribution is 2.23. The molecule has 0 atom stereocenters. The molecule has 2 rings (SSSR count). The molecule has 0 fully saturated rings. The molecule has 1 heterocycles. The Morgan fingerprint density at radius 2 is 2.04 bits per heavy atom. The number of halogens is 1. The molecule has 3 N–H and O–H groups in total. The van der Waals surface area contributed by atoms with Gasteiger partial charge in [0.05, 0.1) is 6.33 Å². The number of hydrogen-bond donors (Lipinski definition) is 2. The van der Waals surface area contributed by atoms with Crippen LogP contribution in [0.15, 0.2) is 40.7 Å². The van der Waals surface area contributed by atoms with E-state index in [1.807, 2.05) is 0 Å². The molecule has 1 aromatic heterocycles. The highest BCUT2D eigenvalue weighted by molar-refractivity contribution is 5.93. The van der Waals surface area contributed by atoms with Gasteiger partial charge in [-0.3, -0.25) is 10.1 Å². The number of aromatic nitrogens is 2. The second-order valence-electron chi connectivity index (χ2n) is 6.41. The Kier molecular flexibility index (Phi) is 5.87.